The van der Waals surface area contributed by atoms with Gasteiger partial charge in [-0.05, 0) is 57.7 Å². The highest BCUT2D eigenvalue weighted by Crippen LogP contribution is 2.23. The van der Waals surface area contributed by atoms with Gasteiger partial charge in [0, 0.05) is 5.57 Å². The largest absolute Gasteiger partial charge is 0.491 e. The topological polar surface area (TPSA) is 78.6 Å². The third kappa shape index (κ3) is 7.18. The first-order valence-electron chi connectivity index (χ1n) is 9.47. The highest BCUT2D eigenvalue weighted by molar-refractivity contribution is 6.03. The average molecular weight is 376 g/mol. The molecule has 0 aliphatic rings. The highest BCUT2D eigenvalue weighted by Gasteiger charge is 2.31. The fraction of sp³-hybridized carbons (Fsp3) is 0.545. The Kier molecular flexibility index (Phi) is 8.70. The van der Waals surface area contributed by atoms with Crippen LogP contribution in [-0.4, -0.2) is 30.0 Å². The van der Waals surface area contributed by atoms with Gasteiger partial charge in [-0.2, -0.15) is 0 Å². The van der Waals surface area contributed by atoms with Crippen molar-refractivity contribution in [3.05, 3.63) is 42.0 Å². The van der Waals surface area contributed by atoms with Crippen LogP contribution in [-0.2, 0) is 20.7 Å². The van der Waals surface area contributed by atoms with Crippen LogP contribution >= 0.6 is 0 Å². The summed E-state index contributed by atoms with van der Waals surface area (Å²) in [5.41, 5.74) is 7.07. The number of carbonyl (C=O) groups excluding carboxylic acids is 2. The summed E-state index contributed by atoms with van der Waals surface area (Å²) in [6.45, 7) is 15.1. The van der Waals surface area contributed by atoms with Crippen molar-refractivity contribution in [2.75, 3.05) is 0 Å². The van der Waals surface area contributed by atoms with Crippen molar-refractivity contribution in [2.45, 2.75) is 66.2 Å². The zero-order valence-electron chi connectivity index (χ0n) is 17.3. The zero-order chi connectivity index (χ0) is 20.7. The monoisotopic (exact) mass is 375 g/mol. The third-order valence-corrected chi connectivity index (χ3v) is 4.13. The van der Waals surface area contributed by atoms with Gasteiger partial charge in [0.25, 0.3) is 0 Å². The first-order chi connectivity index (χ1) is 12.5. The van der Waals surface area contributed by atoms with Crippen LogP contribution in [0.1, 0.15) is 47.1 Å². The van der Waals surface area contributed by atoms with E-state index >= 15 is 0 Å². The number of ether oxygens (including phenoxy) is 2. The summed E-state index contributed by atoms with van der Waals surface area (Å²) < 4.78 is 11.0. The molecule has 0 saturated heterocycles. The summed E-state index contributed by atoms with van der Waals surface area (Å²) in [6.07, 6.45) is 0.131. The summed E-state index contributed by atoms with van der Waals surface area (Å²) in [5.74, 6) is -0.797. The molecule has 0 aliphatic carbocycles. The van der Waals surface area contributed by atoms with Gasteiger partial charge in [0.05, 0.1) is 24.2 Å². The van der Waals surface area contributed by atoms with Crippen LogP contribution in [0.25, 0.3) is 0 Å². The molecule has 2 atom stereocenters. The summed E-state index contributed by atoms with van der Waals surface area (Å²) in [5, 5.41) is 0. The van der Waals surface area contributed by atoms with Gasteiger partial charge in [-0.15, -0.1) is 0 Å². The fourth-order valence-corrected chi connectivity index (χ4v) is 2.56. The lowest BCUT2D eigenvalue weighted by Crippen LogP contribution is -2.39. The van der Waals surface area contributed by atoms with Crippen LogP contribution in [0, 0.1) is 11.8 Å². The van der Waals surface area contributed by atoms with Gasteiger partial charge in [0.1, 0.15) is 5.75 Å². The summed E-state index contributed by atoms with van der Waals surface area (Å²) in [7, 11) is 0. The Bertz CT molecular complexity index is 647. The lowest BCUT2D eigenvalue weighted by molar-refractivity contribution is -0.151. The van der Waals surface area contributed by atoms with Crippen LogP contribution in [0.3, 0.4) is 0 Å². The van der Waals surface area contributed by atoms with Gasteiger partial charge in [-0.25, -0.2) is 0 Å². The number of nitrogens with two attached hydrogens (primary N) is 1. The molecule has 5 nitrogen and oxygen atoms in total. The number of rotatable bonds is 10. The first-order valence-corrected chi connectivity index (χ1v) is 9.47. The molecule has 2 N–H and O–H groups in total. The predicted molar refractivity (Wildman–Crippen MR) is 108 cm³/mol. The van der Waals surface area contributed by atoms with E-state index in [-0.39, 0.29) is 29.5 Å². The van der Waals surface area contributed by atoms with Crippen molar-refractivity contribution in [3.63, 3.8) is 0 Å². The first kappa shape index (κ1) is 22.9. The quantitative estimate of drug-likeness (QED) is 0.498. The molecule has 0 amide bonds. The normalized spacial score (nSPS) is 13.6. The van der Waals surface area contributed by atoms with Crippen LogP contribution in [0.15, 0.2) is 36.4 Å². The molecule has 5 heteroatoms. The molecule has 27 heavy (non-hydrogen) atoms. The smallest absolute Gasteiger partial charge is 0.314 e. The molecular formula is C22H33NO4. The number of carbonyl (C=O) groups is 2. The lowest BCUT2D eigenvalue weighted by Gasteiger charge is -2.23. The molecule has 0 spiro atoms. The molecule has 1 rings (SSSR count). The van der Waals surface area contributed by atoms with E-state index in [2.05, 4.69) is 6.58 Å². The van der Waals surface area contributed by atoms with Crippen LogP contribution in [0.2, 0.25) is 0 Å². The number of hydrogen-bond donors (Lipinski definition) is 1. The van der Waals surface area contributed by atoms with Crippen molar-refractivity contribution in [2.24, 2.45) is 17.6 Å². The van der Waals surface area contributed by atoms with Gasteiger partial charge in [-0.1, -0.05) is 32.6 Å². The zero-order valence-corrected chi connectivity index (χ0v) is 17.3. The van der Waals surface area contributed by atoms with Crippen molar-refractivity contribution < 1.29 is 19.1 Å². The Morgan fingerprint density at radius 2 is 1.56 bits per heavy atom. The van der Waals surface area contributed by atoms with Crippen molar-refractivity contribution >= 4 is 11.8 Å². The fourth-order valence-electron chi connectivity index (χ4n) is 2.56. The number of hydrogen-bond acceptors (Lipinski definition) is 5. The second-order valence-electron chi connectivity index (χ2n) is 7.71. The highest BCUT2D eigenvalue weighted by atomic mass is 16.5. The van der Waals surface area contributed by atoms with Crippen LogP contribution < -0.4 is 10.5 Å². The molecule has 2 unspecified atom stereocenters. The SMILES string of the molecule is C=C(C(=O)C(N)C(C)C)C(Cc1ccc(OC(C)C)cc1)C(=O)OC(C)C. The summed E-state index contributed by atoms with van der Waals surface area (Å²) >= 11 is 0. The molecule has 0 aromatic heterocycles. The summed E-state index contributed by atoms with van der Waals surface area (Å²) in [6, 6.07) is 6.78. The number of Topliss-reactive ketones (excluding diaryl/α,β-unsaturated/α-hetero) is 1. The van der Waals surface area contributed by atoms with Gasteiger partial charge < -0.3 is 15.2 Å². The molecule has 1 aromatic carbocycles. The molecule has 150 valence electrons. The Balaban J connectivity index is 3.03. The molecule has 0 aliphatic heterocycles. The summed E-state index contributed by atoms with van der Waals surface area (Å²) in [4.78, 5) is 25.2. The minimum atomic E-state index is -0.762. The van der Waals surface area contributed by atoms with E-state index < -0.39 is 17.9 Å². The van der Waals surface area contributed by atoms with E-state index in [0.29, 0.717) is 6.42 Å². The Labute approximate surface area is 162 Å². The Morgan fingerprint density at radius 3 is 2.00 bits per heavy atom. The van der Waals surface area contributed by atoms with E-state index in [4.69, 9.17) is 15.2 Å². The number of ketones is 1. The molecule has 0 heterocycles. The van der Waals surface area contributed by atoms with Crippen molar-refractivity contribution in [1.29, 1.82) is 0 Å². The van der Waals surface area contributed by atoms with Crippen LogP contribution in [0.4, 0.5) is 0 Å². The maximum atomic E-state index is 12.6. The molecule has 0 fully saturated rings. The number of esters is 1. The van der Waals surface area contributed by atoms with E-state index in [1.165, 1.54) is 0 Å². The van der Waals surface area contributed by atoms with Gasteiger partial charge in [-0.3, -0.25) is 9.59 Å². The lowest BCUT2D eigenvalue weighted by atomic mass is 9.85. The maximum Gasteiger partial charge on any atom is 0.314 e. The Morgan fingerprint density at radius 1 is 1.00 bits per heavy atom. The molecule has 0 radical (unpaired) electrons. The average Bonchev–Trinajstić information content (AvgIpc) is 2.57. The van der Waals surface area contributed by atoms with Crippen molar-refractivity contribution in [1.82, 2.24) is 0 Å². The minimum absolute atomic E-state index is 0.0384. The van der Waals surface area contributed by atoms with E-state index in [1.54, 1.807) is 13.8 Å². The van der Waals surface area contributed by atoms with E-state index in [9.17, 15) is 9.59 Å². The molecular weight excluding hydrogens is 342 g/mol. The number of benzene rings is 1. The standard InChI is InChI=1S/C22H33NO4/c1-13(2)20(23)21(24)16(7)19(22(25)27-15(5)6)12-17-8-10-18(11-9-17)26-14(3)4/h8-11,13-15,19-20H,7,12,23H2,1-6H3. The second kappa shape index (κ2) is 10.3. The second-order valence-corrected chi connectivity index (χ2v) is 7.71. The third-order valence-electron chi connectivity index (χ3n) is 4.13. The molecule has 1 aromatic rings. The van der Waals surface area contributed by atoms with E-state index in [0.717, 1.165) is 11.3 Å². The molecule has 0 saturated carbocycles. The van der Waals surface area contributed by atoms with Gasteiger partial charge in [0.2, 0.25) is 0 Å². The Hall–Kier alpha value is -2.14. The van der Waals surface area contributed by atoms with Crippen LogP contribution in [0.5, 0.6) is 5.75 Å². The maximum absolute atomic E-state index is 12.6. The van der Waals surface area contributed by atoms with Crippen molar-refractivity contribution in [3.8, 4) is 5.75 Å². The predicted octanol–water partition coefficient (Wildman–Crippen LogP) is 3.69. The van der Waals surface area contributed by atoms with Gasteiger partial charge >= 0.3 is 5.97 Å². The van der Waals surface area contributed by atoms with Gasteiger partial charge in [0.15, 0.2) is 5.78 Å². The molecule has 0 bridgehead atoms. The van der Waals surface area contributed by atoms with E-state index in [1.807, 2.05) is 52.0 Å². The minimum Gasteiger partial charge on any atom is -0.491 e.